The molecule has 1 N–H and O–H groups in total. The van der Waals surface area contributed by atoms with E-state index in [1.54, 1.807) is 12.3 Å². The fourth-order valence-electron chi connectivity index (χ4n) is 2.02. The number of benzene rings is 1. The molecule has 1 aromatic carbocycles. The van der Waals surface area contributed by atoms with Gasteiger partial charge in [-0.05, 0) is 46.6 Å². The first-order valence-corrected chi connectivity index (χ1v) is 8.15. The van der Waals surface area contributed by atoms with Crippen LogP contribution in [0.3, 0.4) is 0 Å². The molecule has 0 saturated carbocycles. The molecule has 0 aliphatic rings. The Bertz CT molecular complexity index is 917. The second kappa shape index (κ2) is 6.02. The number of aryl methyl sites for hydroxylation is 1. The first kappa shape index (κ1) is 14.9. The Morgan fingerprint density at radius 1 is 1.36 bits per heavy atom. The zero-order valence-corrected chi connectivity index (χ0v) is 14.1. The molecule has 0 bridgehead atoms. The lowest BCUT2D eigenvalue weighted by Crippen LogP contribution is -2.26. The maximum absolute atomic E-state index is 12.1. The minimum atomic E-state index is -0.282. The van der Waals surface area contributed by atoms with Crippen LogP contribution in [0, 0.1) is 6.92 Å². The average Bonchev–Trinajstić information content (AvgIpc) is 2.84. The van der Waals surface area contributed by atoms with Crippen molar-refractivity contribution >= 4 is 48.5 Å². The molecule has 0 spiro atoms. The molecular weight excluding hydrogens is 366 g/mol. The molecule has 1 amide bonds. The molecule has 22 heavy (non-hydrogen) atoms. The Balaban J connectivity index is 1.78. The second-order valence-corrected chi connectivity index (χ2v) is 6.80. The average molecular weight is 378 g/mol. The largest absolute Gasteiger partial charge is 0.305 e. The standard InChI is InChI=1S/C15H12BrN3O2S/c1-9-2-4-11-12(6-9)22-15(17-11)18-13(20)8-19-7-10(16)3-5-14(19)21/h2-7H,8H2,1H3,(H,17,18,20). The van der Waals surface area contributed by atoms with Gasteiger partial charge in [-0.1, -0.05) is 17.4 Å². The van der Waals surface area contributed by atoms with E-state index in [1.807, 2.05) is 25.1 Å². The number of fused-ring (bicyclic) bond motifs is 1. The summed E-state index contributed by atoms with van der Waals surface area (Å²) in [4.78, 5) is 28.1. The summed E-state index contributed by atoms with van der Waals surface area (Å²) in [5.41, 5.74) is 1.78. The Morgan fingerprint density at radius 2 is 2.18 bits per heavy atom. The molecule has 0 radical (unpaired) electrons. The van der Waals surface area contributed by atoms with E-state index in [4.69, 9.17) is 0 Å². The normalized spacial score (nSPS) is 10.8. The van der Waals surface area contributed by atoms with Gasteiger partial charge in [0.05, 0.1) is 10.2 Å². The highest BCUT2D eigenvalue weighted by molar-refractivity contribution is 9.10. The summed E-state index contributed by atoms with van der Waals surface area (Å²) in [6, 6.07) is 9.00. The number of hydrogen-bond donors (Lipinski definition) is 1. The number of aromatic nitrogens is 2. The van der Waals surface area contributed by atoms with Gasteiger partial charge in [0.1, 0.15) is 6.54 Å². The van der Waals surface area contributed by atoms with Gasteiger partial charge in [-0.2, -0.15) is 0 Å². The third kappa shape index (κ3) is 3.26. The van der Waals surface area contributed by atoms with Gasteiger partial charge < -0.3 is 9.88 Å². The number of nitrogens with one attached hydrogen (secondary N) is 1. The fourth-order valence-corrected chi connectivity index (χ4v) is 3.38. The first-order chi connectivity index (χ1) is 10.5. The number of halogens is 1. The van der Waals surface area contributed by atoms with Crippen LogP contribution in [0.2, 0.25) is 0 Å². The lowest BCUT2D eigenvalue weighted by molar-refractivity contribution is -0.116. The first-order valence-electron chi connectivity index (χ1n) is 6.54. The maximum atomic E-state index is 12.1. The van der Waals surface area contributed by atoms with Gasteiger partial charge in [0, 0.05) is 16.7 Å². The highest BCUT2D eigenvalue weighted by Gasteiger charge is 2.09. The van der Waals surface area contributed by atoms with Crippen molar-refractivity contribution in [1.82, 2.24) is 9.55 Å². The minimum absolute atomic E-state index is 0.0484. The van der Waals surface area contributed by atoms with Crippen molar-refractivity contribution in [3.05, 3.63) is 56.9 Å². The van der Waals surface area contributed by atoms with Crippen molar-refractivity contribution < 1.29 is 4.79 Å². The maximum Gasteiger partial charge on any atom is 0.251 e. The van der Waals surface area contributed by atoms with Crippen LogP contribution in [0.25, 0.3) is 10.2 Å². The van der Waals surface area contributed by atoms with Crippen LogP contribution in [-0.4, -0.2) is 15.5 Å². The molecule has 5 nitrogen and oxygen atoms in total. The van der Waals surface area contributed by atoms with Crippen molar-refractivity contribution in [3.63, 3.8) is 0 Å². The second-order valence-electron chi connectivity index (χ2n) is 4.85. The van der Waals surface area contributed by atoms with E-state index in [-0.39, 0.29) is 18.0 Å². The number of amides is 1. The van der Waals surface area contributed by atoms with Crippen LogP contribution >= 0.6 is 27.3 Å². The smallest absolute Gasteiger partial charge is 0.251 e. The van der Waals surface area contributed by atoms with Gasteiger partial charge in [-0.3, -0.25) is 9.59 Å². The van der Waals surface area contributed by atoms with Gasteiger partial charge >= 0.3 is 0 Å². The molecule has 112 valence electrons. The van der Waals surface area contributed by atoms with E-state index >= 15 is 0 Å². The van der Waals surface area contributed by atoms with Crippen LogP contribution in [0.1, 0.15) is 5.56 Å². The van der Waals surface area contributed by atoms with Crippen molar-refractivity contribution in [2.75, 3.05) is 5.32 Å². The van der Waals surface area contributed by atoms with Crippen LogP contribution in [-0.2, 0) is 11.3 Å². The Hall–Kier alpha value is -1.99. The molecule has 0 saturated heterocycles. The van der Waals surface area contributed by atoms with Gasteiger partial charge in [0.2, 0.25) is 5.91 Å². The third-order valence-electron chi connectivity index (χ3n) is 3.05. The quantitative estimate of drug-likeness (QED) is 0.762. The molecule has 3 rings (SSSR count). The summed E-state index contributed by atoms with van der Waals surface area (Å²) < 4.78 is 3.11. The third-order valence-corrected chi connectivity index (χ3v) is 4.45. The molecule has 2 heterocycles. The number of nitrogens with zero attached hydrogens (tertiary/aromatic N) is 2. The number of thiazole rings is 1. The predicted octanol–water partition coefficient (Wildman–Crippen LogP) is 3.17. The van der Waals surface area contributed by atoms with E-state index in [1.165, 1.54) is 22.0 Å². The summed E-state index contributed by atoms with van der Waals surface area (Å²) in [5.74, 6) is -0.282. The van der Waals surface area contributed by atoms with Gasteiger partial charge in [0.15, 0.2) is 5.13 Å². The van der Waals surface area contributed by atoms with E-state index < -0.39 is 0 Å². The number of pyridine rings is 1. The van der Waals surface area contributed by atoms with Crippen LogP contribution in [0.4, 0.5) is 5.13 Å². The molecular formula is C15H12BrN3O2S. The van der Waals surface area contributed by atoms with E-state index in [0.29, 0.717) is 5.13 Å². The number of rotatable bonds is 3. The summed E-state index contributed by atoms with van der Waals surface area (Å²) in [5, 5.41) is 3.28. The molecule has 0 aliphatic carbocycles. The number of hydrogen-bond acceptors (Lipinski definition) is 4. The van der Waals surface area contributed by atoms with E-state index in [2.05, 4.69) is 26.2 Å². The minimum Gasteiger partial charge on any atom is -0.305 e. The Morgan fingerprint density at radius 3 is 3.00 bits per heavy atom. The lowest BCUT2D eigenvalue weighted by atomic mass is 10.2. The van der Waals surface area contributed by atoms with Gasteiger partial charge in [-0.25, -0.2) is 4.98 Å². The number of anilines is 1. The summed E-state index contributed by atoms with van der Waals surface area (Å²) in [7, 11) is 0. The van der Waals surface area contributed by atoms with E-state index in [9.17, 15) is 9.59 Å². The summed E-state index contributed by atoms with van der Waals surface area (Å²) in [6.45, 7) is 1.96. The molecule has 2 aromatic heterocycles. The topological polar surface area (TPSA) is 64.0 Å². The van der Waals surface area contributed by atoms with Crippen LogP contribution < -0.4 is 10.9 Å². The van der Waals surface area contributed by atoms with Crippen LogP contribution in [0.5, 0.6) is 0 Å². The van der Waals surface area contributed by atoms with Crippen molar-refractivity contribution in [3.8, 4) is 0 Å². The predicted molar refractivity (Wildman–Crippen MR) is 91.4 cm³/mol. The molecule has 0 atom stereocenters. The highest BCUT2D eigenvalue weighted by atomic mass is 79.9. The molecule has 3 aromatic rings. The number of carbonyl (C=O) groups is 1. The zero-order chi connectivity index (χ0) is 15.7. The Kier molecular flexibility index (Phi) is 4.08. The molecule has 0 fully saturated rings. The fraction of sp³-hybridized carbons (Fsp3) is 0.133. The highest BCUT2D eigenvalue weighted by Crippen LogP contribution is 2.26. The van der Waals surface area contributed by atoms with Gasteiger partial charge in [0.25, 0.3) is 5.56 Å². The monoisotopic (exact) mass is 377 g/mol. The number of carbonyl (C=O) groups excluding carboxylic acids is 1. The Labute approximate surface area is 138 Å². The summed E-state index contributed by atoms with van der Waals surface area (Å²) in [6.07, 6.45) is 1.59. The van der Waals surface area contributed by atoms with Crippen LogP contribution in [0.15, 0.2) is 45.8 Å². The van der Waals surface area contributed by atoms with E-state index in [0.717, 1.165) is 20.3 Å². The molecule has 7 heteroatoms. The lowest BCUT2D eigenvalue weighted by Gasteiger charge is -2.05. The SMILES string of the molecule is Cc1ccc2nc(NC(=O)Cn3cc(Br)ccc3=O)sc2c1. The zero-order valence-electron chi connectivity index (χ0n) is 11.7. The summed E-state index contributed by atoms with van der Waals surface area (Å²) >= 11 is 4.70. The molecule has 0 aliphatic heterocycles. The van der Waals surface area contributed by atoms with Crippen molar-refractivity contribution in [2.45, 2.75) is 13.5 Å². The molecule has 0 unspecified atom stereocenters. The van der Waals surface area contributed by atoms with Gasteiger partial charge in [-0.15, -0.1) is 0 Å². The van der Waals surface area contributed by atoms with Crippen molar-refractivity contribution in [1.29, 1.82) is 0 Å². The van der Waals surface area contributed by atoms with Crippen molar-refractivity contribution in [2.24, 2.45) is 0 Å².